The van der Waals surface area contributed by atoms with Gasteiger partial charge in [-0.15, -0.1) is 11.3 Å². The molecule has 0 spiro atoms. The van der Waals surface area contributed by atoms with Crippen molar-refractivity contribution in [2.45, 2.75) is 32.4 Å². The highest BCUT2D eigenvalue weighted by atomic mass is 32.1. The van der Waals surface area contributed by atoms with Gasteiger partial charge >= 0.3 is 0 Å². The average molecular weight is 270 g/mol. The van der Waals surface area contributed by atoms with Gasteiger partial charge in [0.2, 0.25) is 0 Å². The molecular formula is C16H18N2S. The van der Waals surface area contributed by atoms with Crippen molar-refractivity contribution in [2.75, 3.05) is 0 Å². The summed E-state index contributed by atoms with van der Waals surface area (Å²) in [5.41, 5.74) is 1.33. The van der Waals surface area contributed by atoms with Gasteiger partial charge in [-0.25, -0.2) is 0 Å². The van der Waals surface area contributed by atoms with Crippen LogP contribution in [-0.2, 0) is 6.54 Å². The minimum atomic E-state index is 0.388. The standard InChI is InChI=1S/C16H18N2S/c1-2-6-16(13-7-4-3-5-8-13)18-12-15-10-9-14(11-17)19-15/h3-5,7-10,16,18H,2,6,12H2,1H3. The van der Waals surface area contributed by atoms with Crippen LogP contribution in [0.25, 0.3) is 0 Å². The van der Waals surface area contributed by atoms with Crippen LogP contribution in [0.2, 0.25) is 0 Å². The molecule has 0 amide bonds. The molecule has 98 valence electrons. The summed E-state index contributed by atoms with van der Waals surface area (Å²) in [5, 5.41) is 12.4. The largest absolute Gasteiger partial charge is 0.305 e. The number of hydrogen-bond donors (Lipinski definition) is 1. The Bertz CT molecular complexity index is 539. The van der Waals surface area contributed by atoms with Crippen LogP contribution < -0.4 is 5.32 Å². The molecule has 1 aromatic heterocycles. The van der Waals surface area contributed by atoms with Crippen LogP contribution in [-0.4, -0.2) is 0 Å². The summed E-state index contributed by atoms with van der Waals surface area (Å²) in [6, 6.07) is 17.0. The van der Waals surface area contributed by atoms with E-state index in [-0.39, 0.29) is 0 Å². The van der Waals surface area contributed by atoms with Gasteiger partial charge in [-0.05, 0) is 24.1 Å². The Labute approximate surface area is 118 Å². The first kappa shape index (κ1) is 13.8. The summed E-state index contributed by atoms with van der Waals surface area (Å²) >= 11 is 1.56. The summed E-state index contributed by atoms with van der Waals surface area (Å²) in [5.74, 6) is 0. The molecule has 2 nitrogen and oxygen atoms in total. The fourth-order valence-electron chi connectivity index (χ4n) is 2.12. The van der Waals surface area contributed by atoms with Crippen LogP contribution in [0, 0.1) is 11.3 Å². The second kappa shape index (κ2) is 7.08. The van der Waals surface area contributed by atoms with Gasteiger partial charge < -0.3 is 5.32 Å². The molecule has 0 aliphatic carbocycles. The van der Waals surface area contributed by atoms with Crippen molar-refractivity contribution in [3.8, 4) is 6.07 Å². The zero-order valence-electron chi connectivity index (χ0n) is 11.1. The van der Waals surface area contributed by atoms with E-state index >= 15 is 0 Å². The number of thiophene rings is 1. The predicted molar refractivity (Wildman–Crippen MR) is 80.0 cm³/mol. The van der Waals surface area contributed by atoms with E-state index < -0.39 is 0 Å². The number of nitrogens with one attached hydrogen (secondary N) is 1. The third-order valence-corrected chi connectivity index (χ3v) is 4.06. The van der Waals surface area contributed by atoms with Crippen molar-refractivity contribution >= 4 is 11.3 Å². The highest BCUT2D eigenvalue weighted by molar-refractivity contribution is 7.12. The Hall–Kier alpha value is -1.63. The van der Waals surface area contributed by atoms with Crippen LogP contribution in [0.1, 0.15) is 41.1 Å². The molecule has 19 heavy (non-hydrogen) atoms. The first-order valence-electron chi connectivity index (χ1n) is 6.60. The molecule has 1 heterocycles. The van der Waals surface area contributed by atoms with Gasteiger partial charge in [0.1, 0.15) is 10.9 Å². The van der Waals surface area contributed by atoms with E-state index in [1.807, 2.05) is 18.2 Å². The second-order valence-electron chi connectivity index (χ2n) is 4.51. The lowest BCUT2D eigenvalue weighted by Gasteiger charge is -2.18. The van der Waals surface area contributed by atoms with E-state index in [9.17, 15) is 0 Å². The molecule has 2 rings (SSSR count). The maximum atomic E-state index is 8.83. The summed E-state index contributed by atoms with van der Waals surface area (Å²) < 4.78 is 0. The minimum absolute atomic E-state index is 0.388. The van der Waals surface area contributed by atoms with Crippen molar-refractivity contribution in [3.05, 3.63) is 57.8 Å². The molecular weight excluding hydrogens is 252 g/mol. The molecule has 2 aromatic rings. The SMILES string of the molecule is CCCC(NCc1ccc(C#N)s1)c1ccccc1. The van der Waals surface area contributed by atoms with Crippen LogP contribution in [0.5, 0.6) is 0 Å². The maximum Gasteiger partial charge on any atom is 0.110 e. The summed E-state index contributed by atoms with van der Waals surface area (Å²) in [7, 11) is 0. The van der Waals surface area contributed by atoms with Gasteiger partial charge in [0.15, 0.2) is 0 Å². The second-order valence-corrected chi connectivity index (χ2v) is 5.68. The topological polar surface area (TPSA) is 35.8 Å². The zero-order chi connectivity index (χ0) is 13.5. The van der Waals surface area contributed by atoms with Gasteiger partial charge in [-0.2, -0.15) is 5.26 Å². The van der Waals surface area contributed by atoms with Gasteiger partial charge in [0, 0.05) is 17.5 Å². The lowest BCUT2D eigenvalue weighted by Crippen LogP contribution is -2.20. The fourth-order valence-corrected chi connectivity index (χ4v) is 2.87. The van der Waals surface area contributed by atoms with Gasteiger partial charge in [-0.3, -0.25) is 0 Å². The lowest BCUT2D eigenvalue weighted by atomic mass is 10.0. The molecule has 0 saturated heterocycles. The van der Waals surface area contributed by atoms with Crippen LogP contribution in [0.4, 0.5) is 0 Å². The Morgan fingerprint density at radius 2 is 2.00 bits per heavy atom. The first-order valence-corrected chi connectivity index (χ1v) is 7.42. The summed E-state index contributed by atoms with van der Waals surface area (Å²) in [6.45, 7) is 3.03. The Kier molecular flexibility index (Phi) is 5.14. The smallest absolute Gasteiger partial charge is 0.110 e. The van der Waals surface area contributed by atoms with Crippen molar-refractivity contribution in [1.29, 1.82) is 5.26 Å². The highest BCUT2D eigenvalue weighted by Gasteiger charge is 2.10. The molecule has 0 aliphatic rings. The van der Waals surface area contributed by atoms with Gasteiger partial charge in [-0.1, -0.05) is 43.7 Å². The molecule has 1 aromatic carbocycles. The zero-order valence-corrected chi connectivity index (χ0v) is 11.9. The predicted octanol–water partition coefficient (Wildman–Crippen LogP) is 4.25. The van der Waals surface area contributed by atoms with E-state index in [1.54, 1.807) is 11.3 Å². The summed E-state index contributed by atoms with van der Waals surface area (Å²) in [4.78, 5) is 2.00. The van der Waals surface area contributed by atoms with E-state index in [4.69, 9.17) is 5.26 Å². The van der Waals surface area contributed by atoms with Gasteiger partial charge in [0.05, 0.1) is 0 Å². The average Bonchev–Trinajstić information content (AvgIpc) is 2.92. The molecule has 0 saturated carbocycles. The molecule has 0 aliphatic heterocycles. The number of nitrogens with zero attached hydrogens (tertiary/aromatic N) is 1. The Morgan fingerprint density at radius 1 is 1.21 bits per heavy atom. The van der Waals surface area contributed by atoms with E-state index in [1.165, 1.54) is 10.4 Å². The Balaban J connectivity index is 1.99. The molecule has 0 bridgehead atoms. The molecule has 3 heteroatoms. The van der Waals surface area contributed by atoms with Crippen molar-refractivity contribution in [1.82, 2.24) is 5.32 Å². The summed E-state index contributed by atoms with van der Waals surface area (Å²) in [6.07, 6.45) is 2.28. The maximum absolute atomic E-state index is 8.83. The third-order valence-electron chi connectivity index (χ3n) is 3.07. The molecule has 1 unspecified atom stereocenters. The monoisotopic (exact) mass is 270 g/mol. The number of benzene rings is 1. The van der Waals surface area contributed by atoms with Crippen LogP contribution in [0.3, 0.4) is 0 Å². The first-order chi connectivity index (χ1) is 9.33. The van der Waals surface area contributed by atoms with Crippen molar-refractivity contribution in [3.63, 3.8) is 0 Å². The lowest BCUT2D eigenvalue weighted by molar-refractivity contribution is 0.496. The fraction of sp³-hybridized carbons (Fsp3) is 0.312. The molecule has 0 fully saturated rings. The molecule has 0 radical (unpaired) electrons. The molecule has 1 atom stereocenters. The van der Waals surface area contributed by atoms with Crippen LogP contribution in [0.15, 0.2) is 42.5 Å². The van der Waals surface area contributed by atoms with E-state index in [0.29, 0.717) is 6.04 Å². The minimum Gasteiger partial charge on any atom is -0.305 e. The third kappa shape index (κ3) is 3.92. The van der Waals surface area contributed by atoms with Crippen LogP contribution >= 0.6 is 11.3 Å². The normalized spacial score (nSPS) is 12.0. The van der Waals surface area contributed by atoms with E-state index in [0.717, 1.165) is 24.3 Å². The Morgan fingerprint density at radius 3 is 2.63 bits per heavy atom. The highest BCUT2D eigenvalue weighted by Crippen LogP contribution is 2.21. The van der Waals surface area contributed by atoms with E-state index in [2.05, 4.69) is 42.6 Å². The molecule has 1 N–H and O–H groups in total. The van der Waals surface area contributed by atoms with Crippen molar-refractivity contribution in [2.24, 2.45) is 0 Å². The van der Waals surface area contributed by atoms with Crippen molar-refractivity contribution < 1.29 is 0 Å². The number of nitriles is 1. The van der Waals surface area contributed by atoms with Gasteiger partial charge in [0.25, 0.3) is 0 Å². The number of hydrogen-bond acceptors (Lipinski definition) is 3. The quantitative estimate of drug-likeness (QED) is 0.851. The number of rotatable bonds is 6.